The van der Waals surface area contributed by atoms with E-state index in [4.69, 9.17) is 23.8 Å². The van der Waals surface area contributed by atoms with Crippen LogP contribution < -0.4 is 44.7 Å². The number of hydrogen-bond donors (Lipinski definition) is 4. The molecule has 0 aliphatic carbocycles. The molecule has 1 heterocycles. The summed E-state index contributed by atoms with van der Waals surface area (Å²) in [4.78, 5) is 11.3. The van der Waals surface area contributed by atoms with Crippen LogP contribution in [0, 0.1) is 0 Å². The van der Waals surface area contributed by atoms with E-state index < -0.39 is 75.7 Å². The van der Waals surface area contributed by atoms with Crippen molar-refractivity contribution in [3.8, 4) is 5.75 Å². The fourth-order valence-corrected chi connectivity index (χ4v) is 3.21. The standard InChI is InChI=1S/C22H29NO8.Na/c1-12(2)23-10-14(11-29-16-9-5-7-13-6-3-4-8-15(13)16)30-22-19(26)17(24)18(25)20(31-22)21(27)28;/h3-9,12,14,17-20,22-26H,10-11H2,1-2H3,(H,27,28);/q;+1/p-1/t14-,17-,18-,19+,20-,22+;/m0./s1/i1D3,2D3,12D;. The average Bonchev–Trinajstić information content (AvgIpc) is 2.83. The van der Waals surface area contributed by atoms with Crippen LogP contribution in [0.15, 0.2) is 42.5 Å². The number of carboxylic acid groups (broad SMARTS) is 1. The molecule has 2 aromatic carbocycles. The summed E-state index contributed by atoms with van der Waals surface area (Å²) >= 11 is 0. The first-order chi connectivity index (χ1) is 17.6. The van der Waals surface area contributed by atoms with E-state index in [0.29, 0.717) is 11.1 Å². The van der Waals surface area contributed by atoms with Gasteiger partial charge in [0.25, 0.3) is 0 Å². The fraction of sp³-hybridized carbons (Fsp3) is 0.500. The molecule has 0 radical (unpaired) electrons. The minimum atomic E-state index is -3.31. The van der Waals surface area contributed by atoms with Crippen LogP contribution in [0.3, 0.4) is 0 Å². The van der Waals surface area contributed by atoms with Crippen molar-refractivity contribution < 1.29 is 78.6 Å². The number of aliphatic hydroxyl groups excluding tert-OH is 3. The molecule has 0 amide bonds. The summed E-state index contributed by atoms with van der Waals surface area (Å²) < 4.78 is 70.1. The number of aliphatic carboxylic acids is 1. The van der Waals surface area contributed by atoms with Gasteiger partial charge in [0.15, 0.2) is 6.29 Å². The van der Waals surface area contributed by atoms with Crippen molar-refractivity contribution in [2.75, 3.05) is 13.2 Å². The molecule has 0 unspecified atom stereocenters. The molecule has 3 rings (SSSR count). The van der Waals surface area contributed by atoms with E-state index in [1.807, 2.05) is 18.2 Å². The Morgan fingerprint density at radius 1 is 1.19 bits per heavy atom. The molecule has 9 nitrogen and oxygen atoms in total. The van der Waals surface area contributed by atoms with E-state index in [2.05, 4.69) is 5.32 Å². The quantitative estimate of drug-likeness (QED) is 0.275. The monoisotopic (exact) mass is 464 g/mol. The topological polar surface area (TPSA) is 141 Å². The Morgan fingerprint density at radius 2 is 1.91 bits per heavy atom. The number of nitrogens with one attached hydrogen (secondary N) is 1. The van der Waals surface area contributed by atoms with Crippen molar-refractivity contribution >= 4 is 16.7 Å². The molecule has 10 heteroatoms. The Hall–Kier alpha value is -1.27. The smallest absolute Gasteiger partial charge is 0.547 e. The number of benzene rings is 2. The van der Waals surface area contributed by atoms with E-state index in [-0.39, 0.29) is 29.6 Å². The van der Waals surface area contributed by atoms with Gasteiger partial charge in [0.1, 0.15) is 42.9 Å². The number of ether oxygens (including phenoxy) is 3. The minimum absolute atomic E-state index is 0. The normalized spacial score (nSPS) is 30.8. The van der Waals surface area contributed by atoms with Crippen molar-refractivity contribution in [3.63, 3.8) is 0 Å². The molecule has 0 saturated carbocycles. The molecule has 1 fully saturated rings. The summed E-state index contributed by atoms with van der Waals surface area (Å²) in [5, 5.41) is 45.3. The Labute approximate surface area is 218 Å². The summed E-state index contributed by atoms with van der Waals surface area (Å²) in [6.07, 6.45) is -11.3. The zero-order valence-corrected chi connectivity index (χ0v) is 19.3. The summed E-state index contributed by atoms with van der Waals surface area (Å²) in [7, 11) is 0. The van der Waals surface area contributed by atoms with E-state index in [0.717, 1.165) is 5.39 Å². The van der Waals surface area contributed by atoms with E-state index in [1.54, 1.807) is 24.3 Å². The fourth-order valence-electron chi connectivity index (χ4n) is 3.21. The molecule has 1 aliphatic heterocycles. The van der Waals surface area contributed by atoms with Gasteiger partial charge < -0.3 is 44.7 Å². The second kappa shape index (κ2) is 12.3. The number of carboxylic acids is 1. The van der Waals surface area contributed by atoms with Crippen molar-refractivity contribution in [2.24, 2.45) is 0 Å². The second-order valence-electron chi connectivity index (χ2n) is 7.02. The van der Waals surface area contributed by atoms with Gasteiger partial charge in [-0.3, -0.25) is 0 Å². The van der Waals surface area contributed by atoms with Gasteiger partial charge in [0.2, 0.25) is 0 Å². The Balaban J connectivity index is 0.00000533. The first kappa shape index (κ1) is 18.1. The number of rotatable bonds is 9. The molecule has 1 saturated heterocycles. The minimum Gasteiger partial charge on any atom is -0.547 e. The van der Waals surface area contributed by atoms with E-state index >= 15 is 0 Å². The predicted octanol–water partition coefficient (Wildman–Crippen LogP) is -3.84. The summed E-state index contributed by atoms with van der Waals surface area (Å²) in [5.41, 5.74) is 0. The number of aliphatic hydroxyl groups is 3. The zero-order chi connectivity index (χ0) is 28.5. The van der Waals surface area contributed by atoms with Crippen LogP contribution in [0.4, 0.5) is 0 Å². The summed E-state index contributed by atoms with van der Waals surface area (Å²) in [5.74, 6) is -1.53. The third-order valence-corrected chi connectivity index (χ3v) is 4.81. The maximum Gasteiger partial charge on any atom is 1.00 e. The van der Waals surface area contributed by atoms with Crippen molar-refractivity contribution in [1.29, 1.82) is 0 Å². The Bertz CT molecular complexity index is 1100. The molecule has 0 spiro atoms. The largest absolute Gasteiger partial charge is 1.00 e. The van der Waals surface area contributed by atoms with Crippen LogP contribution in [-0.4, -0.2) is 77.3 Å². The zero-order valence-electron chi connectivity index (χ0n) is 24.3. The van der Waals surface area contributed by atoms with Gasteiger partial charge in [-0.2, -0.15) is 0 Å². The van der Waals surface area contributed by atoms with Crippen molar-refractivity contribution in [1.82, 2.24) is 5.32 Å². The molecule has 0 aromatic heterocycles. The third-order valence-electron chi connectivity index (χ3n) is 4.81. The van der Waals surface area contributed by atoms with E-state index in [1.165, 1.54) is 0 Å². The van der Waals surface area contributed by atoms with Crippen LogP contribution in [0.25, 0.3) is 10.8 Å². The van der Waals surface area contributed by atoms with E-state index in [9.17, 15) is 25.2 Å². The average molecular weight is 464 g/mol. The van der Waals surface area contributed by atoms with Gasteiger partial charge in [-0.15, -0.1) is 0 Å². The van der Waals surface area contributed by atoms with Gasteiger partial charge in [-0.1, -0.05) is 50.1 Å². The number of carbonyl (C=O) groups excluding carboxylic acids is 1. The van der Waals surface area contributed by atoms with Crippen molar-refractivity contribution in [3.05, 3.63) is 42.5 Å². The second-order valence-corrected chi connectivity index (χ2v) is 7.02. The third kappa shape index (κ3) is 6.63. The number of fused-ring (bicyclic) bond motifs is 1. The first-order valence-electron chi connectivity index (χ1n) is 13.0. The Morgan fingerprint density at radius 3 is 2.62 bits per heavy atom. The van der Waals surface area contributed by atoms with Gasteiger partial charge in [0.05, 0.1) is 5.97 Å². The molecule has 4 N–H and O–H groups in total. The van der Waals surface area contributed by atoms with Gasteiger partial charge >= 0.3 is 29.6 Å². The maximum atomic E-state index is 11.3. The predicted molar refractivity (Wildman–Crippen MR) is 109 cm³/mol. The van der Waals surface area contributed by atoms with Crippen LogP contribution >= 0.6 is 0 Å². The van der Waals surface area contributed by atoms with Gasteiger partial charge in [0, 0.05) is 27.5 Å². The van der Waals surface area contributed by atoms with Gasteiger partial charge in [-0.05, 0) is 11.5 Å². The molecule has 6 atom stereocenters. The molecule has 32 heavy (non-hydrogen) atoms. The van der Waals surface area contributed by atoms with Crippen LogP contribution in [0.1, 0.15) is 23.3 Å². The van der Waals surface area contributed by atoms with Crippen LogP contribution in [-0.2, 0) is 14.3 Å². The summed E-state index contributed by atoms with van der Waals surface area (Å²) in [6, 6.07) is 9.23. The van der Waals surface area contributed by atoms with Crippen LogP contribution in [0.2, 0.25) is 0 Å². The molecule has 1 aliphatic rings. The Kier molecular flexibility index (Phi) is 6.94. The van der Waals surface area contributed by atoms with Crippen molar-refractivity contribution in [2.45, 2.75) is 56.5 Å². The number of carbonyl (C=O) groups is 1. The molecule has 0 bridgehead atoms. The van der Waals surface area contributed by atoms with Crippen LogP contribution in [0.5, 0.6) is 5.75 Å². The first-order valence-corrected chi connectivity index (χ1v) is 9.48. The molecular formula is C22H28NNaO8. The number of hydrogen-bond acceptors (Lipinski definition) is 9. The maximum absolute atomic E-state index is 11.3. The molecular weight excluding hydrogens is 429 g/mol. The molecule has 2 aromatic rings. The summed E-state index contributed by atoms with van der Waals surface area (Å²) in [6.45, 7) is -7.67. The molecule has 170 valence electrons. The SMILES string of the molecule is [2H]C([2H])([2H])C([2H])(NC[C@@H](COc1cccc2ccccc12)O[C@@H]1O[C@H](C(=O)[O-])[C@@H](O)[C@H](O)[C@H]1O)C([2H])([2H])[2H].[Na+]. The van der Waals surface area contributed by atoms with Gasteiger partial charge in [-0.25, -0.2) is 0 Å².